The van der Waals surface area contributed by atoms with E-state index in [0.29, 0.717) is 25.7 Å². The van der Waals surface area contributed by atoms with Gasteiger partial charge < -0.3 is 24.8 Å². The minimum Gasteiger partial charge on any atom is -0.491 e. The molecule has 3 rings (SSSR count). The van der Waals surface area contributed by atoms with Gasteiger partial charge in [-0.15, -0.1) is 0 Å². The molecule has 9 heteroatoms. The zero-order valence-electron chi connectivity index (χ0n) is 15.8. The number of nitrogens with zero attached hydrogens (tertiary/aromatic N) is 2. The molecule has 2 atom stereocenters. The van der Waals surface area contributed by atoms with Crippen LogP contribution in [0.15, 0.2) is 24.3 Å². The normalized spacial score (nSPS) is 22.5. The highest BCUT2D eigenvalue weighted by atomic mass is 16.5. The molecule has 0 saturated carbocycles. The van der Waals surface area contributed by atoms with Gasteiger partial charge in [-0.05, 0) is 17.7 Å². The fourth-order valence-electron chi connectivity index (χ4n) is 3.67. The fourth-order valence-corrected chi connectivity index (χ4v) is 3.67. The topological polar surface area (TPSA) is 120 Å². The van der Waals surface area contributed by atoms with E-state index in [1.54, 1.807) is 0 Å². The van der Waals surface area contributed by atoms with Gasteiger partial charge in [-0.1, -0.05) is 12.1 Å². The quantitative estimate of drug-likeness (QED) is 0.546. The summed E-state index contributed by atoms with van der Waals surface area (Å²) in [6.45, 7) is 4.60. The standard InChI is InChI=1S/C18H26N2O5.CH2O2/c21-4-5-25-17-3-1-2-14(6-17)8-20-9-15-7-19(11-18(22)23)10-16(20)13-24-12-15;2-1-3/h1-3,6,15-16,21H,4-5,7-13H2,(H,22,23);1H,(H,2,3)/t15-,16-;/m0./s1. The first-order chi connectivity index (χ1) is 13.5. The summed E-state index contributed by atoms with van der Waals surface area (Å²) in [7, 11) is 0. The molecule has 2 saturated heterocycles. The Bertz CT molecular complexity index is 628. The zero-order valence-corrected chi connectivity index (χ0v) is 15.8. The highest BCUT2D eigenvalue weighted by Crippen LogP contribution is 2.23. The Hall–Kier alpha value is -2.20. The van der Waals surface area contributed by atoms with E-state index in [0.717, 1.165) is 30.9 Å². The van der Waals surface area contributed by atoms with E-state index >= 15 is 0 Å². The van der Waals surface area contributed by atoms with Crippen LogP contribution in [0.25, 0.3) is 0 Å². The molecule has 0 aliphatic carbocycles. The van der Waals surface area contributed by atoms with Gasteiger partial charge in [0, 0.05) is 38.1 Å². The van der Waals surface area contributed by atoms with Gasteiger partial charge in [0.1, 0.15) is 12.4 Å². The van der Waals surface area contributed by atoms with Gasteiger partial charge >= 0.3 is 5.97 Å². The molecule has 3 N–H and O–H groups in total. The van der Waals surface area contributed by atoms with Crippen molar-refractivity contribution in [1.82, 2.24) is 9.80 Å². The van der Waals surface area contributed by atoms with E-state index in [2.05, 4.69) is 11.0 Å². The number of rotatable bonds is 7. The third kappa shape index (κ3) is 7.08. The lowest BCUT2D eigenvalue weighted by Gasteiger charge is -2.30. The lowest BCUT2D eigenvalue weighted by Crippen LogP contribution is -2.44. The van der Waals surface area contributed by atoms with Gasteiger partial charge in [-0.25, -0.2) is 0 Å². The molecule has 2 bridgehead atoms. The van der Waals surface area contributed by atoms with Crippen LogP contribution in [0.3, 0.4) is 0 Å². The number of carboxylic acids is 1. The van der Waals surface area contributed by atoms with Crippen molar-refractivity contribution in [2.75, 3.05) is 52.6 Å². The van der Waals surface area contributed by atoms with Crippen LogP contribution in [-0.4, -0.2) is 96.2 Å². The van der Waals surface area contributed by atoms with Gasteiger partial charge in [0.15, 0.2) is 0 Å². The number of aliphatic hydroxyl groups is 1. The molecule has 1 aromatic carbocycles. The Morgan fingerprint density at radius 1 is 1.29 bits per heavy atom. The minimum absolute atomic E-state index is 0.00312. The number of hydrogen-bond acceptors (Lipinski definition) is 7. The van der Waals surface area contributed by atoms with Crippen molar-refractivity contribution in [3.63, 3.8) is 0 Å². The van der Waals surface area contributed by atoms with Crippen molar-refractivity contribution < 1.29 is 34.4 Å². The van der Waals surface area contributed by atoms with Crippen molar-refractivity contribution in [3.05, 3.63) is 29.8 Å². The Morgan fingerprint density at radius 2 is 2.07 bits per heavy atom. The van der Waals surface area contributed by atoms with Gasteiger partial charge in [0.05, 0.1) is 26.4 Å². The summed E-state index contributed by atoms with van der Waals surface area (Å²) in [6.07, 6.45) is 0. The minimum atomic E-state index is -0.777. The van der Waals surface area contributed by atoms with Crippen molar-refractivity contribution in [3.8, 4) is 5.75 Å². The first-order valence-electron chi connectivity index (χ1n) is 9.22. The summed E-state index contributed by atoms with van der Waals surface area (Å²) in [5, 5.41) is 24.9. The van der Waals surface area contributed by atoms with E-state index in [9.17, 15) is 4.79 Å². The molecule has 0 unspecified atom stereocenters. The molecule has 28 heavy (non-hydrogen) atoms. The van der Waals surface area contributed by atoms with E-state index in [4.69, 9.17) is 29.6 Å². The van der Waals surface area contributed by atoms with Crippen LogP contribution in [0.4, 0.5) is 0 Å². The van der Waals surface area contributed by atoms with E-state index < -0.39 is 5.97 Å². The third-order valence-corrected chi connectivity index (χ3v) is 4.66. The predicted molar refractivity (Wildman–Crippen MR) is 100 cm³/mol. The molecule has 2 heterocycles. The molecule has 2 aliphatic heterocycles. The first kappa shape index (κ1) is 22.1. The van der Waals surface area contributed by atoms with E-state index in [-0.39, 0.29) is 32.3 Å². The number of hydrogen-bond donors (Lipinski definition) is 3. The number of carbonyl (C=O) groups is 2. The van der Waals surface area contributed by atoms with Gasteiger partial charge in [-0.2, -0.15) is 0 Å². The Morgan fingerprint density at radius 3 is 2.79 bits per heavy atom. The molecule has 0 radical (unpaired) electrons. The summed E-state index contributed by atoms with van der Waals surface area (Å²) in [5.41, 5.74) is 1.15. The Kier molecular flexibility index (Phi) is 9.15. The van der Waals surface area contributed by atoms with Crippen molar-refractivity contribution >= 4 is 12.4 Å². The average Bonchev–Trinajstić information content (AvgIpc) is 2.90. The Labute approximate surface area is 164 Å². The number of ether oxygens (including phenoxy) is 2. The summed E-state index contributed by atoms with van der Waals surface area (Å²) in [4.78, 5) is 23.9. The average molecular weight is 396 g/mol. The predicted octanol–water partition coefficient (Wildman–Crippen LogP) is -0.0243. The van der Waals surface area contributed by atoms with Crippen LogP contribution in [0, 0.1) is 5.92 Å². The summed E-state index contributed by atoms with van der Waals surface area (Å²) in [6, 6.07) is 8.10. The summed E-state index contributed by atoms with van der Waals surface area (Å²) < 4.78 is 11.3. The molecular formula is C19H28N2O7. The maximum Gasteiger partial charge on any atom is 0.317 e. The largest absolute Gasteiger partial charge is 0.491 e. The van der Waals surface area contributed by atoms with Crippen LogP contribution >= 0.6 is 0 Å². The lowest BCUT2D eigenvalue weighted by molar-refractivity contribution is -0.138. The Balaban J connectivity index is 0.000000878. The van der Waals surface area contributed by atoms with Crippen molar-refractivity contribution in [2.24, 2.45) is 5.92 Å². The molecular weight excluding hydrogens is 368 g/mol. The van der Waals surface area contributed by atoms with Gasteiger partial charge in [0.25, 0.3) is 6.47 Å². The van der Waals surface area contributed by atoms with Crippen molar-refractivity contribution in [2.45, 2.75) is 12.6 Å². The molecule has 0 aromatic heterocycles. The molecule has 2 fully saturated rings. The first-order valence-corrected chi connectivity index (χ1v) is 9.22. The second-order valence-electron chi connectivity index (χ2n) is 6.90. The fraction of sp³-hybridized carbons (Fsp3) is 0.579. The van der Waals surface area contributed by atoms with Crippen LogP contribution in [0.5, 0.6) is 5.75 Å². The third-order valence-electron chi connectivity index (χ3n) is 4.66. The van der Waals surface area contributed by atoms with Crippen LogP contribution in [-0.2, 0) is 20.9 Å². The highest BCUT2D eigenvalue weighted by Gasteiger charge is 2.33. The summed E-state index contributed by atoms with van der Waals surface area (Å²) in [5.74, 6) is 0.301. The SMILES string of the molecule is O=C(O)CN1C[C@@H]2COC[C@H](C1)N(Cc1cccc(OCCO)c1)C2.O=CO. The van der Waals surface area contributed by atoms with Gasteiger partial charge in [-0.3, -0.25) is 19.4 Å². The van der Waals surface area contributed by atoms with Crippen LogP contribution in [0.2, 0.25) is 0 Å². The molecule has 0 spiro atoms. The van der Waals surface area contributed by atoms with Crippen LogP contribution < -0.4 is 4.74 Å². The van der Waals surface area contributed by atoms with E-state index in [1.165, 1.54) is 0 Å². The molecule has 156 valence electrons. The number of carboxylic acid groups (broad SMARTS) is 2. The van der Waals surface area contributed by atoms with Crippen molar-refractivity contribution in [1.29, 1.82) is 0 Å². The maximum atomic E-state index is 11.1. The van der Waals surface area contributed by atoms with Gasteiger partial charge in [0.2, 0.25) is 0 Å². The maximum absolute atomic E-state index is 11.1. The number of fused-ring (bicyclic) bond motifs is 3. The molecule has 0 amide bonds. The highest BCUT2D eigenvalue weighted by molar-refractivity contribution is 5.69. The second kappa shape index (κ2) is 11.6. The lowest BCUT2D eigenvalue weighted by atomic mass is 10.1. The summed E-state index contributed by atoms with van der Waals surface area (Å²) >= 11 is 0. The second-order valence-corrected chi connectivity index (χ2v) is 6.90. The molecule has 1 aromatic rings. The monoisotopic (exact) mass is 396 g/mol. The number of aliphatic carboxylic acids is 1. The van der Waals surface area contributed by atoms with E-state index in [1.807, 2.05) is 23.1 Å². The number of aliphatic hydroxyl groups excluding tert-OH is 1. The smallest absolute Gasteiger partial charge is 0.317 e. The van der Waals surface area contributed by atoms with Crippen LogP contribution in [0.1, 0.15) is 5.56 Å². The molecule has 9 nitrogen and oxygen atoms in total. The molecule has 2 aliphatic rings. The zero-order chi connectivity index (χ0) is 20.4. The number of benzene rings is 1.